The van der Waals surface area contributed by atoms with Gasteiger partial charge in [0.2, 0.25) is 11.7 Å². The summed E-state index contributed by atoms with van der Waals surface area (Å²) < 4.78 is 5.21. The van der Waals surface area contributed by atoms with Gasteiger partial charge in [-0.3, -0.25) is 9.59 Å². The maximum atomic E-state index is 12.8. The third-order valence-electron chi connectivity index (χ3n) is 5.29. The van der Waals surface area contributed by atoms with Crippen molar-refractivity contribution in [2.45, 2.75) is 24.3 Å². The molecule has 3 atom stereocenters. The van der Waals surface area contributed by atoms with Crippen molar-refractivity contribution >= 4 is 35.4 Å². The van der Waals surface area contributed by atoms with Crippen molar-refractivity contribution in [1.82, 2.24) is 4.90 Å². The zero-order valence-corrected chi connectivity index (χ0v) is 16.9. The highest BCUT2D eigenvalue weighted by atomic mass is 32.2. The number of carbonyl (C=O) groups excluding carboxylic acids is 2. The van der Waals surface area contributed by atoms with Gasteiger partial charge in [-0.15, -0.1) is 0 Å². The van der Waals surface area contributed by atoms with E-state index in [0.717, 1.165) is 22.2 Å². The van der Waals surface area contributed by atoms with Gasteiger partial charge in [0, 0.05) is 18.4 Å². The van der Waals surface area contributed by atoms with E-state index in [1.807, 2.05) is 6.07 Å². The predicted molar refractivity (Wildman–Crippen MR) is 109 cm³/mol. The summed E-state index contributed by atoms with van der Waals surface area (Å²) in [5.74, 6) is -4.41. The molecular formula is C21H18N2O7S. The topological polar surface area (TPSA) is 151 Å². The third-order valence-corrected chi connectivity index (χ3v) is 6.55. The van der Waals surface area contributed by atoms with Gasteiger partial charge < -0.3 is 25.3 Å². The molecule has 0 bridgehead atoms. The maximum absolute atomic E-state index is 12.8. The normalized spacial score (nSPS) is 22.6. The number of thioether (sulfide) groups is 1. The van der Waals surface area contributed by atoms with Gasteiger partial charge in [0.15, 0.2) is 11.8 Å². The second kappa shape index (κ2) is 7.95. The van der Waals surface area contributed by atoms with Gasteiger partial charge in [-0.2, -0.15) is 0 Å². The predicted octanol–water partition coefficient (Wildman–Crippen LogP) is 1.49. The van der Waals surface area contributed by atoms with Crippen LogP contribution in [0.1, 0.15) is 21.9 Å². The minimum atomic E-state index is -1.35. The van der Waals surface area contributed by atoms with Crippen molar-refractivity contribution in [3.63, 3.8) is 0 Å². The van der Waals surface area contributed by atoms with Gasteiger partial charge in [-0.25, -0.2) is 9.59 Å². The highest BCUT2D eigenvalue weighted by molar-refractivity contribution is 8.03. The molecule has 3 heterocycles. The Hall–Kier alpha value is -3.53. The van der Waals surface area contributed by atoms with E-state index < -0.39 is 35.2 Å². The Balaban J connectivity index is 1.58. The van der Waals surface area contributed by atoms with Gasteiger partial charge in [0.1, 0.15) is 17.1 Å². The highest BCUT2D eigenvalue weighted by Gasteiger charge is 2.59. The first-order valence-corrected chi connectivity index (χ1v) is 10.2. The molecular weight excluding hydrogens is 424 g/mol. The summed E-state index contributed by atoms with van der Waals surface area (Å²) in [4.78, 5) is 49.7. The summed E-state index contributed by atoms with van der Waals surface area (Å²) in [5.41, 5.74) is 7.13. The number of carbonyl (C=O) groups is 4. The lowest BCUT2D eigenvalue weighted by Crippen LogP contribution is -2.69. The number of hydrogen-bond donors (Lipinski definition) is 3. The van der Waals surface area contributed by atoms with E-state index in [4.69, 9.17) is 15.3 Å². The minimum Gasteiger partial charge on any atom is -0.479 e. The second-order valence-electron chi connectivity index (χ2n) is 7.24. The lowest BCUT2D eigenvalue weighted by Gasteiger charge is -2.51. The van der Waals surface area contributed by atoms with Crippen LogP contribution >= 0.6 is 11.8 Å². The first-order valence-electron chi connectivity index (χ1n) is 9.36. The summed E-state index contributed by atoms with van der Waals surface area (Å²) in [7, 11) is 0. The monoisotopic (exact) mass is 442 g/mol. The van der Waals surface area contributed by atoms with E-state index in [2.05, 4.69) is 0 Å². The number of fused-ring (bicyclic) bond motifs is 1. The van der Waals surface area contributed by atoms with E-state index in [-0.39, 0.29) is 40.7 Å². The number of carboxylic acid groups (broad SMARTS) is 2. The van der Waals surface area contributed by atoms with E-state index >= 15 is 0 Å². The second-order valence-corrected chi connectivity index (χ2v) is 8.40. The molecule has 10 heteroatoms. The van der Waals surface area contributed by atoms with Gasteiger partial charge in [-0.05, 0) is 17.7 Å². The van der Waals surface area contributed by atoms with Crippen molar-refractivity contribution in [2.24, 2.45) is 11.7 Å². The van der Waals surface area contributed by atoms with Crippen LogP contribution in [0.3, 0.4) is 0 Å². The molecule has 0 radical (unpaired) electrons. The number of aliphatic carboxylic acids is 1. The Labute approximate surface area is 180 Å². The minimum absolute atomic E-state index is 0.0673. The first-order chi connectivity index (χ1) is 14.8. The Bertz CT molecular complexity index is 1110. The molecule has 4 rings (SSSR count). The fraction of sp³-hybridized carbons (Fsp3) is 0.238. The number of rotatable bonds is 7. The molecule has 1 saturated heterocycles. The summed E-state index contributed by atoms with van der Waals surface area (Å²) >= 11 is 1.07. The van der Waals surface area contributed by atoms with Crippen molar-refractivity contribution in [3.05, 3.63) is 70.2 Å². The Morgan fingerprint density at radius 1 is 1.10 bits per heavy atom. The fourth-order valence-corrected chi connectivity index (χ4v) is 5.16. The number of nitrogens with two attached hydrogens (primary N) is 1. The summed E-state index contributed by atoms with van der Waals surface area (Å²) in [6, 6.07) is 10.3. The molecule has 31 heavy (non-hydrogen) atoms. The molecule has 4 N–H and O–H groups in total. The van der Waals surface area contributed by atoms with Crippen molar-refractivity contribution < 1.29 is 33.8 Å². The van der Waals surface area contributed by atoms with Crippen LogP contribution in [0.5, 0.6) is 0 Å². The molecule has 0 aliphatic carbocycles. The van der Waals surface area contributed by atoms with Crippen LogP contribution in [0, 0.1) is 5.92 Å². The summed E-state index contributed by atoms with van der Waals surface area (Å²) in [6.07, 6.45) is 0.00291. The first kappa shape index (κ1) is 20.7. The largest absolute Gasteiger partial charge is 0.479 e. The molecule has 1 aromatic carbocycles. The van der Waals surface area contributed by atoms with Crippen LogP contribution in [0.2, 0.25) is 0 Å². The average molecular weight is 442 g/mol. The lowest BCUT2D eigenvalue weighted by atomic mass is 9.86. The number of hydrogen-bond acceptors (Lipinski definition) is 7. The van der Waals surface area contributed by atoms with Gasteiger partial charge >= 0.3 is 11.9 Å². The number of benzene rings is 1. The summed E-state index contributed by atoms with van der Waals surface area (Å²) in [5, 5.41) is 18.3. The smallest absolute Gasteiger partial charge is 0.371 e. The Morgan fingerprint density at radius 2 is 1.81 bits per heavy atom. The van der Waals surface area contributed by atoms with Crippen molar-refractivity contribution in [2.75, 3.05) is 0 Å². The molecule has 0 spiro atoms. The highest BCUT2D eigenvalue weighted by Crippen LogP contribution is 2.47. The number of ketones is 1. The molecule has 2 aliphatic rings. The zero-order valence-electron chi connectivity index (χ0n) is 16.1. The average Bonchev–Trinajstić information content (AvgIpc) is 3.19. The lowest BCUT2D eigenvalue weighted by molar-refractivity contribution is -0.165. The van der Waals surface area contributed by atoms with Crippen LogP contribution in [0.4, 0.5) is 0 Å². The van der Waals surface area contributed by atoms with E-state index in [1.54, 1.807) is 24.3 Å². The molecule has 1 amide bonds. The van der Waals surface area contributed by atoms with Crippen molar-refractivity contribution in [1.29, 1.82) is 0 Å². The fourth-order valence-electron chi connectivity index (χ4n) is 3.82. The number of β-lactam (4-membered cyclic amide) rings is 1. The Morgan fingerprint density at radius 3 is 2.42 bits per heavy atom. The molecule has 2 aliphatic heterocycles. The maximum Gasteiger partial charge on any atom is 0.371 e. The van der Waals surface area contributed by atoms with Crippen molar-refractivity contribution in [3.8, 4) is 0 Å². The van der Waals surface area contributed by atoms with Crippen LogP contribution in [0.15, 0.2) is 57.5 Å². The number of furan rings is 1. The SMILES string of the molecule is NC1=C(Cc2ccc(C(=O)O)o2)C(C(=O)O)N2C(=O)[C@@H](C(=O)Cc3ccccc3)[C@H]2S1. The molecule has 9 nitrogen and oxygen atoms in total. The van der Waals surface area contributed by atoms with Crippen LogP contribution < -0.4 is 5.73 Å². The molecule has 160 valence electrons. The van der Waals surface area contributed by atoms with Gasteiger partial charge in [-0.1, -0.05) is 42.1 Å². The van der Waals surface area contributed by atoms with E-state index in [9.17, 15) is 24.3 Å². The Kier molecular flexibility index (Phi) is 5.32. The molecule has 2 aromatic rings. The quantitative estimate of drug-likeness (QED) is 0.428. The van der Waals surface area contributed by atoms with Crippen LogP contribution in [-0.4, -0.2) is 50.2 Å². The van der Waals surface area contributed by atoms with Gasteiger partial charge in [0.05, 0.1) is 5.03 Å². The van der Waals surface area contributed by atoms with E-state index in [1.165, 1.54) is 12.1 Å². The number of nitrogens with zero attached hydrogens (tertiary/aromatic N) is 1. The standard InChI is InChI=1S/C21H18N2O7S/c22-17-12(9-11-6-7-14(30-11)20(26)27)16(21(28)29)23-18(25)15(19(23)31-17)13(24)8-10-4-2-1-3-5-10/h1-7,15-16,19H,8-9,22H2,(H,26,27)(H,28,29)/t15-,16?,19-/m1/s1. The number of carboxylic acids is 2. The molecule has 1 unspecified atom stereocenters. The van der Waals surface area contributed by atoms with Crippen LogP contribution in [-0.2, 0) is 27.2 Å². The molecule has 1 aromatic heterocycles. The van der Waals surface area contributed by atoms with Crippen LogP contribution in [0.25, 0.3) is 0 Å². The number of Topliss-reactive ketones (excluding diaryl/α,β-unsaturated/α-hetero) is 1. The van der Waals surface area contributed by atoms with Gasteiger partial charge in [0.25, 0.3) is 0 Å². The third kappa shape index (κ3) is 3.70. The molecule has 1 fully saturated rings. The number of amides is 1. The van der Waals surface area contributed by atoms with E-state index in [0.29, 0.717) is 0 Å². The zero-order chi connectivity index (χ0) is 22.3. The number of aromatic carboxylic acids is 1. The molecule has 0 saturated carbocycles. The summed E-state index contributed by atoms with van der Waals surface area (Å²) in [6.45, 7) is 0.